The first-order valence-corrected chi connectivity index (χ1v) is 7.30. The average Bonchev–Trinajstić information content (AvgIpc) is 2.86. The topological polar surface area (TPSA) is 17.0 Å². The minimum absolute atomic E-state index is 0.900. The van der Waals surface area contributed by atoms with E-state index in [0.29, 0.717) is 0 Å². The van der Waals surface area contributed by atoms with E-state index in [0.717, 1.165) is 19.5 Å². The lowest BCUT2D eigenvalue weighted by Crippen LogP contribution is -2.02. The second-order valence-electron chi connectivity index (χ2n) is 5.02. The van der Waals surface area contributed by atoms with Crippen LogP contribution in [0, 0.1) is 0 Å². The molecule has 2 nitrogen and oxygen atoms in total. The van der Waals surface area contributed by atoms with Crippen LogP contribution < -0.4 is 5.32 Å². The Morgan fingerprint density at radius 3 is 2.68 bits per heavy atom. The number of anilines is 1. The van der Waals surface area contributed by atoms with Gasteiger partial charge >= 0.3 is 0 Å². The van der Waals surface area contributed by atoms with Gasteiger partial charge in [0.15, 0.2) is 0 Å². The van der Waals surface area contributed by atoms with Crippen molar-refractivity contribution < 1.29 is 0 Å². The van der Waals surface area contributed by atoms with Gasteiger partial charge in [-0.1, -0.05) is 38.5 Å². The normalized spacial score (nSPS) is 10.6. The number of nitrogens with one attached hydrogen (secondary N) is 1. The zero-order valence-corrected chi connectivity index (χ0v) is 12.0. The van der Waals surface area contributed by atoms with Crippen molar-refractivity contribution in [2.45, 2.75) is 46.2 Å². The minimum atomic E-state index is 0.900. The maximum Gasteiger partial charge on any atom is 0.0415 e. The van der Waals surface area contributed by atoms with Crippen LogP contribution in [-0.2, 0) is 19.5 Å². The quantitative estimate of drug-likeness (QED) is 0.773. The summed E-state index contributed by atoms with van der Waals surface area (Å²) >= 11 is 0. The molecule has 0 aliphatic heterocycles. The molecule has 0 spiro atoms. The molecule has 0 fully saturated rings. The predicted octanol–water partition coefficient (Wildman–Crippen LogP) is 4.46. The van der Waals surface area contributed by atoms with Crippen LogP contribution in [0.4, 0.5) is 5.69 Å². The van der Waals surface area contributed by atoms with Crippen LogP contribution >= 0.6 is 0 Å². The fourth-order valence-electron chi connectivity index (χ4n) is 2.37. The highest BCUT2D eigenvalue weighted by atomic mass is 14.9. The number of aromatic nitrogens is 1. The van der Waals surface area contributed by atoms with E-state index in [4.69, 9.17) is 0 Å². The van der Waals surface area contributed by atoms with Crippen molar-refractivity contribution in [2.75, 3.05) is 5.32 Å². The number of nitrogens with zero attached hydrogens (tertiary/aromatic N) is 1. The summed E-state index contributed by atoms with van der Waals surface area (Å²) in [6, 6.07) is 10.8. The van der Waals surface area contributed by atoms with Crippen LogP contribution in [0.2, 0.25) is 0 Å². The summed E-state index contributed by atoms with van der Waals surface area (Å²) in [5.74, 6) is 0. The molecule has 0 aliphatic carbocycles. The van der Waals surface area contributed by atoms with Gasteiger partial charge in [-0.3, -0.25) is 0 Å². The first kappa shape index (κ1) is 13.7. The molecule has 19 heavy (non-hydrogen) atoms. The van der Waals surface area contributed by atoms with Crippen LogP contribution in [0.3, 0.4) is 0 Å². The summed E-state index contributed by atoms with van der Waals surface area (Å²) in [6.45, 7) is 6.43. The van der Waals surface area contributed by atoms with Gasteiger partial charge in [-0.25, -0.2) is 0 Å². The van der Waals surface area contributed by atoms with Gasteiger partial charge in [-0.2, -0.15) is 0 Å². The summed E-state index contributed by atoms with van der Waals surface area (Å²) in [4.78, 5) is 0. The highest BCUT2D eigenvalue weighted by molar-refractivity contribution is 5.51. The highest BCUT2D eigenvalue weighted by Crippen LogP contribution is 2.17. The fraction of sp³-hybridized carbons (Fsp3) is 0.412. The zero-order valence-electron chi connectivity index (χ0n) is 12.0. The summed E-state index contributed by atoms with van der Waals surface area (Å²) < 4.78 is 2.26. The Bertz CT molecular complexity index is 499. The smallest absolute Gasteiger partial charge is 0.0415 e. The Hall–Kier alpha value is -1.70. The van der Waals surface area contributed by atoms with E-state index in [1.807, 2.05) is 0 Å². The molecule has 0 bridgehead atoms. The number of para-hydroxylation sites is 1. The summed E-state index contributed by atoms with van der Waals surface area (Å²) in [6.07, 6.45) is 7.91. The molecule has 1 aromatic carbocycles. The standard InChI is InChI=1S/C17H24N2/c1-3-7-16-8-5-6-9-17(16)18-13-15-10-12-19(14-15)11-4-2/h5-6,8-10,12,14,18H,3-4,7,11,13H2,1-2H3. The number of benzene rings is 1. The van der Waals surface area contributed by atoms with E-state index in [1.165, 1.54) is 29.7 Å². The molecule has 0 unspecified atom stereocenters. The van der Waals surface area contributed by atoms with E-state index in [9.17, 15) is 0 Å². The number of hydrogen-bond donors (Lipinski definition) is 1. The Morgan fingerprint density at radius 2 is 1.89 bits per heavy atom. The van der Waals surface area contributed by atoms with Crippen molar-refractivity contribution in [1.82, 2.24) is 4.57 Å². The van der Waals surface area contributed by atoms with Crippen molar-refractivity contribution >= 4 is 5.69 Å². The van der Waals surface area contributed by atoms with Gasteiger partial charge in [-0.15, -0.1) is 0 Å². The van der Waals surface area contributed by atoms with Crippen molar-refractivity contribution in [2.24, 2.45) is 0 Å². The first-order chi connectivity index (χ1) is 9.33. The third kappa shape index (κ3) is 3.88. The third-order valence-corrected chi connectivity index (χ3v) is 3.31. The van der Waals surface area contributed by atoms with Crippen LogP contribution in [0.15, 0.2) is 42.7 Å². The summed E-state index contributed by atoms with van der Waals surface area (Å²) in [7, 11) is 0. The fourth-order valence-corrected chi connectivity index (χ4v) is 2.37. The van der Waals surface area contributed by atoms with E-state index >= 15 is 0 Å². The molecule has 0 atom stereocenters. The summed E-state index contributed by atoms with van der Waals surface area (Å²) in [5.41, 5.74) is 4.03. The largest absolute Gasteiger partial charge is 0.381 e. The predicted molar refractivity (Wildman–Crippen MR) is 82.5 cm³/mol. The van der Waals surface area contributed by atoms with Gasteiger partial charge in [-0.05, 0) is 36.1 Å². The molecule has 2 heteroatoms. The van der Waals surface area contributed by atoms with Gasteiger partial charge in [0.2, 0.25) is 0 Å². The monoisotopic (exact) mass is 256 g/mol. The van der Waals surface area contributed by atoms with Crippen LogP contribution in [-0.4, -0.2) is 4.57 Å². The molecule has 0 saturated carbocycles. The lowest BCUT2D eigenvalue weighted by atomic mass is 10.1. The maximum absolute atomic E-state index is 3.56. The van der Waals surface area contributed by atoms with Gasteiger partial charge in [0.05, 0.1) is 0 Å². The highest BCUT2D eigenvalue weighted by Gasteiger charge is 2.01. The lowest BCUT2D eigenvalue weighted by molar-refractivity contribution is 0.681. The lowest BCUT2D eigenvalue weighted by Gasteiger charge is -2.10. The van der Waals surface area contributed by atoms with Crippen LogP contribution in [0.25, 0.3) is 0 Å². The zero-order chi connectivity index (χ0) is 13.5. The molecule has 2 aromatic rings. The van der Waals surface area contributed by atoms with Crippen LogP contribution in [0.1, 0.15) is 37.8 Å². The molecule has 102 valence electrons. The van der Waals surface area contributed by atoms with Crippen molar-refractivity contribution in [3.8, 4) is 0 Å². The molecule has 2 rings (SSSR count). The Kier molecular flexibility index (Phi) is 5.08. The molecular weight excluding hydrogens is 232 g/mol. The van der Waals surface area contributed by atoms with E-state index in [-0.39, 0.29) is 0 Å². The van der Waals surface area contributed by atoms with Crippen molar-refractivity contribution in [3.05, 3.63) is 53.9 Å². The molecule has 0 saturated heterocycles. The van der Waals surface area contributed by atoms with Crippen molar-refractivity contribution in [3.63, 3.8) is 0 Å². The second-order valence-corrected chi connectivity index (χ2v) is 5.02. The van der Waals surface area contributed by atoms with E-state index in [1.54, 1.807) is 0 Å². The third-order valence-electron chi connectivity index (χ3n) is 3.31. The first-order valence-electron chi connectivity index (χ1n) is 7.30. The Morgan fingerprint density at radius 1 is 1.05 bits per heavy atom. The number of rotatable bonds is 7. The number of hydrogen-bond acceptors (Lipinski definition) is 1. The van der Waals surface area contributed by atoms with Crippen molar-refractivity contribution in [1.29, 1.82) is 0 Å². The molecule has 1 heterocycles. The Balaban J connectivity index is 1.97. The van der Waals surface area contributed by atoms with Gasteiger partial charge in [0.25, 0.3) is 0 Å². The molecule has 1 N–H and O–H groups in total. The van der Waals surface area contributed by atoms with Gasteiger partial charge < -0.3 is 9.88 Å². The van der Waals surface area contributed by atoms with E-state index in [2.05, 4.69) is 66.5 Å². The molecular formula is C17H24N2. The number of aryl methyl sites for hydroxylation is 2. The minimum Gasteiger partial charge on any atom is -0.381 e. The maximum atomic E-state index is 3.56. The average molecular weight is 256 g/mol. The second kappa shape index (κ2) is 7.03. The van der Waals surface area contributed by atoms with Crippen LogP contribution in [0.5, 0.6) is 0 Å². The molecule has 1 aromatic heterocycles. The van der Waals surface area contributed by atoms with E-state index < -0.39 is 0 Å². The molecule has 0 aliphatic rings. The molecule has 0 amide bonds. The molecule has 0 radical (unpaired) electrons. The van der Waals surface area contributed by atoms with Gasteiger partial charge in [0, 0.05) is 31.2 Å². The summed E-state index contributed by atoms with van der Waals surface area (Å²) in [5, 5.41) is 3.56. The SMILES string of the molecule is CCCc1ccccc1NCc1ccn(CCC)c1. The Labute approximate surface area is 116 Å². The van der Waals surface area contributed by atoms with Gasteiger partial charge in [0.1, 0.15) is 0 Å².